The summed E-state index contributed by atoms with van der Waals surface area (Å²) in [5.74, 6) is -0.0572. The molecule has 8 heteroatoms. The first-order valence-corrected chi connectivity index (χ1v) is 11.8. The van der Waals surface area contributed by atoms with Gasteiger partial charge in [0, 0.05) is 80.1 Å². The first-order valence-electron chi connectivity index (χ1n) is 11.4. The van der Waals surface area contributed by atoms with E-state index in [1.165, 1.54) is 0 Å². The molecule has 0 bridgehead atoms. The van der Waals surface area contributed by atoms with Crippen LogP contribution in [0.25, 0.3) is 21.8 Å². The second-order valence-electron chi connectivity index (χ2n) is 8.59. The van der Waals surface area contributed by atoms with Crippen LogP contribution in [0.5, 0.6) is 0 Å². The van der Waals surface area contributed by atoms with E-state index in [4.69, 9.17) is 16.3 Å². The number of carbonyl (C=O) groups is 1. The molecule has 0 radical (unpaired) electrons. The van der Waals surface area contributed by atoms with Gasteiger partial charge in [-0.3, -0.25) is 9.59 Å². The second kappa shape index (κ2) is 9.16. The Balaban J connectivity index is 1.54. The van der Waals surface area contributed by atoms with Crippen LogP contribution in [0.1, 0.15) is 10.4 Å². The zero-order chi connectivity index (χ0) is 23.8. The van der Waals surface area contributed by atoms with Gasteiger partial charge in [0.15, 0.2) is 0 Å². The first kappa shape index (κ1) is 22.5. The zero-order valence-electron chi connectivity index (χ0n) is 19.3. The maximum atomic E-state index is 13.8. The minimum Gasteiger partial charge on any atom is -0.383 e. The third-order valence-electron chi connectivity index (χ3n) is 6.63. The molecule has 7 nitrogen and oxygen atoms in total. The predicted octanol–water partition coefficient (Wildman–Crippen LogP) is 3.76. The lowest BCUT2D eigenvalue weighted by atomic mass is 10.1. The zero-order valence-corrected chi connectivity index (χ0v) is 20.1. The molecule has 0 saturated carbocycles. The van der Waals surface area contributed by atoms with Crippen molar-refractivity contribution in [2.75, 3.05) is 44.8 Å². The Morgan fingerprint density at radius 3 is 2.56 bits per heavy atom. The fraction of sp³-hybridized carbons (Fsp3) is 0.308. The summed E-state index contributed by atoms with van der Waals surface area (Å²) in [6.45, 7) is 3.39. The molecule has 0 N–H and O–H groups in total. The van der Waals surface area contributed by atoms with Crippen molar-refractivity contribution in [2.24, 2.45) is 7.05 Å². The highest BCUT2D eigenvalue weighted by Crippen LogP contribution is 2.30. The van der Waals surface area contributed by atoms with Crippen LogP contribution >= 0.6 is 11.6 Å². The maximum Gasteiger partial charge on any atom is 0.275 e. The van der Waals surface area contributed by atoms with Crippen molar-refractivity contribution in [1.82, 2.24) is 14.0 Å². The number of hydrogen-bond acceptors (Lipinski definition) is 4. The number of hydrogen-bond donors (Lipinski definition) is 0. The maximum absolute atomic E-state index is 13.8. The van der Waals surface area contributed by atoms with Gasteiger partial charge in [0.1, 0.15) is 5.52 Å². The van der Waals surface area contributed by atoms with Gasteiger partial charge >= 0.3 is 0 Å². The largest absolute Gasteiger partial charge is 0.383 e. The fourth-order valence-corrected chi connectivity index (χ4v) is 5.04. The Morgan fingerprint density at radius 2 is 1.82 bits per heavy atom. The van der Waals surface area contributed by atoms with Crippen molar-refractivity contribution in [1.29, 1.82) is 0 Å². The van der Waals surface area contributed by atoms with Gasteiger partial charge in [0.25, 0.3) is 11.5 Å². The molecule has 4 aromatic rings. The second-order valence-corrected chi connectivity index (χ2v) is 9.03. The number of halogens is 1. The van der Waals surface area contributed by atoms with Gasteiger partial charge in [-0.2, -0.15) is 0 Å². The summed E-state index contributed by atoms with van der Waals surface area (Å²) in [6.07, 6.45) is 1.71. The Labute approximate surface area is 202 Å². The lowest BCUT2D eigenvalue weighted by Gasteiger charge is -2.36. The number of pyridine rings is 1. The summed E-state index contributed by atoms with van der Waals surface area (Å²) in [6, 6.07) is 15.6. The van der Waals surface area contributed by atoms with Crippen LogP contribution < -0.4 is 10.5 Å². The van der Waals surface area contributed by atoms with E-state index in [1.807, 2.05) is 65.0 Å². The summed E-state index contributed by atoms with van der Waals surface area (Å²) < 4.78 is 8.69. The highest BCUT2D eigenvalue weighted by atomic mass is 35.5. The summed E-state index contributed by atoms with van der Waals surface area (Å²) >= 11 is 6.16. The van der Waals surface area contributed by atoms with Gasteiger partial charge in [-0.15, -0.1) is 0 Å². The van der Waals surface area contributed by atoms with Gasteiger partial charge < -0.3 is 23.7 Å². The number of rotatable bonds is 5. The third kappa shape index (κ3) is 3.85. The SMILES string of the molecule is COCCn1cc(C(=O)N2CCN(c3cccc(Cl)c3)CC2)c2c3ccccc3n(C)c2c1=O. The van der Waals surface area contributed by atoms with E-state index >= 15 is 0 Å². The number of nitrogens with zero attached hydrogens (tertiary/aromatic N) is 4. The van der Waals surface area contributed by atoms with Crippen molar-refractivity contribution in [2.45, 2.75) is 6.54 Å². The van der Waals surface area contributed by atoms with Gasteiger partial charge in [-0.25, -0.2) is 0 Å². The van der Waals surface area contributed by atoms with E-state index in [-0.39, 0.29) is 11.5 Å². The molecule has 0 atom stereocenters. The minimum absolute atomic E-state index is 0.0572. The molecule has 1 aliphatic rings. The standard InChI is InChI=1S/C26H27ClN4O3/c1-28-22-9-4-3-8-20(22)23-21(17-31(14-15-34-2)26(33)24(23)28)25(32)30-12-10-29(11-13-30)19-7-5-6-18(27)16-19/h3-9,16-17H,10-15H2,1-2H3. The van der Waals surface area contributed by atoms with E-state index in [0.29, 0.717) is 55.4 Å². The number of fused-ring (bicyclic) bond motifs is 3. The van der Waals surface area contributed by atoms with Gasteiger partial charge in [-0.05, 0) is 24.3 Å². The Morgan fingerprint density at radius 1 is 1.06 bits per heavy atom. The van der Waals surface area contributed by atoms with E-state index in [0.717, 1.165) is 22.0 Å². The quantitative estimate of drug-likeness (QED) is 0.438. The van der Waals surface area contributed by atoms with E-state index in [2.05, 4.69) is 4.90 Å². The minimum atomic E-state index is -0.118. The van der Waals surface area contributed by atoms with E-state index < -0.39 is 0 Å². The van der Waals surface area contributed by atoms with Crippen LogP contribution in [0.2, 0.25) is 5.02 Å². The highest BCUT2D eigenvalue weighted by Gasteiger charge is 2.27. The summed E-state index contributed by atoms with van der Waals surface area (Å²) in [5, 5.41) is 2.34. The number of piperazine rings is 1. The molecular weight excluding hydrogens is 452 g/mol. The third-order valence-corrected chi connectivity index (χ3v) is 6.87. The normalized spacial score (nSPS) is 14.3. The topological polar surface area (TPSA) is 59.7 Å². The number of amides is 1. The van der Waals surface area contributed by atoms with Crippen molar-refractivity contribution >= 4 is 45.0 Å². The molecule has 3 heterocycles. The van der Waals surface area contributed by atoms with Gasteiger partial charge in [0.05, 0.1) is 12.2 Å². The van der Waals surface area contributed by atoms with Crippen LogP contribution in [-0.2, 0) is 18.3 Å². The number of benzene rings is 2. The molecule has 1 aliphatic heterocycles. The lowest BCUT2D eigenvalue weighted by Crippen LogP contribution is -2.49. The Hall–Kier alpha value is -3.29. The van der Waals surface area contributed by atoms with E-state index in [9.17, 15) is 9.59 Å². The number of ether oxygens (including phenoxy) is 1. The van der Waals surface area contributed by atoms with Crippen LogP contribution in [0.3, 0.4) is 0 Å². The van der Waals surface area contributed by atoms with Crippen molar-refractivity contribution in [3.8, 4) is 0 Å². The monoisotopic (exact) mass is 478 g/mol. The Bertz CT molecular complexity index is 1430. The van der Waals surface area contributed by atoms with Gasteiger partial charge in [-0.1, -0.05) is 35.9 Å². The fourth-order valence-electron chi connectivity index (χ4n) is 4.86. The predicted molar refractivity (Wildman–Crippen MR) is 136 cm³/mol. The molecule has 5 rings (SSSR count). The average molecular weight is 479 g/mol. The lowest BCUT2D eigenvalue weighted by molar-refractivity contribution is 0.0747. The molecule has 0 spiro atoms. The summed E-state index contributed by atoms with van der Waals surface area (Å²) in [4.78, 5) is 31.3. The van der Waals surface area contributed by atoms with Crippen molar-refractivity contribution in [3.05, 3.63) is 75.7 Å². The molecule has 2 aromatic heterocycles. The molecule has 0 aliphatic carbocycles. The molecule has 34 heavy (non-hydrogen) atoms. The number of para-hydroxylation sites is 1. The summed E-state index contributed by atoms with van der Waals surface area (Å²) in [7, 11) is 3.48. The van der Waals surface area contributed by atoms with Crippen LogP contribution in [0.15, 0.2) is 59.5 Å². The summed E-state index contributed by atoms with van der Waals surface area (Å²) in [5.41, 5.74) is 2.97. The molecule has 1 saturated heterocycles. The number of aromatic nitrogens is 2. The molecule has 176 valence electrons. The van der Waals surface area contributed by atoms with Crippen LogP contribution in [0.4, 0.5) is 5.69 Å². The van der Waals surface area contributed by atoms with Gasteiger partial charge in [0.2, 0.25) is 0 Å². The van der Waals surface area contributed by atoms with Crippen molar-refractivity contribution in [3.63, 3.8) is 0 Å². The molecular formula is C26H27ClN4O3. The Kier molecular flexibility index (Phi) is 6.06. The van der Waals surface area contributed by atoms with Crippen LogP contribution in [-0.4, -0.2) is 59.8 Å². The molecule has 2 aromatic carbocycles. The number of anilines is 1. The molecule has 1 fully saturated rings. The van der Waals surface area contributed by atoms with Crippen LogP contribution in [0, 0.1) is 0 Å². The first-order chi connectivity index (χ1) is 16.5. The molecule has 0 unspecified atom stereocenters. The molecule has 1 amide bonds. The number of methoxy groups -OCH3 is 1. The van der Waals surface area contributed by atoms with Crippen molar-refractivity contribution < 1.29 is 9.53 Å². The average Bonchev–Trinajstić information content (AvgIpc) is 3.16. The number of carbonyl (C=O) groups excluding carboxylic acids is 1. The highest BCUT2D eigenvalue weighted by molar-refractivity contribution is 6.30. The van der Waals surface area contributed by atoms with E-state index in [1.54, 1.807) is 17.9 Å². The smallest absolute Gasteiger partial charge is 0.275 e. The number of aryl methyl sites for hydroxylation is 1.